The molecular formula is C13H24N2S. The quantitative estimate of drug-likeness (QED) is 0.818. The van der Waals surface area contributed by atoms with E-state index < -0.39 is 0 Å². The largest absolute Gasteiger partial charge is 0.362 e. The Kier molecular flexibility index (Phi) is 4.17. The number of hydrogen-bond acceptors (Lipinski definition) is 3. The molecule has 1 N–H and O–H groups in total. The lowest BCUT2D eigenvalue weighted by Gasteiger charge is -2.20. The molecule has 0 amide bonds. The first kappa shape index (κ1) is 12.3. The van der Waals surface area contributed by atoms with Crippen LogP contribution in [0.4, 0.5) is 0 Å². The van der Waals surface area contributed by atoms with Crippen LogP contribution in [0.2, 0.25) is 0 Å². The topological polar surface area (TPSA) is 24.4 Å². The van der Waals surface area contributed by atoms with Gasteiger partial charge in [-0.3, -0.25) is 4.99 Å². The van der Waals surface area contributed by atoms with E-state index in [4.69, 9.17) is 4.99 Å². The maximum Gasteiger partial charge on any atom is 0.157 e. The van der Waals surface area contributed by atoms with Gasteiger partial charge in [0.15, 0.2) is 5.17 Å². The number of aliphatic imine (C=N–C) groups is 1. The van der Waals surface area contributed by atoms with Crippen LogP contribution in [-0.4, -0.2) is 23.0 Å². The molecule has 2 rings (SSSR count). The monoisotopic (exact) mass is 240 g/mol. The average Bonchev–Trinajstić information content (AvgIpc) is 2.87. The summed E-state index contributed by atoms with van der Waals surface area (Å²) in [6.07, 6.45) is 5.65. The van der Waals surface area contributed by atoms with Crippen LogP contribution < -0.4 is 5.32 Å². The summed E-state index contributed by atoms with van der Waals surface area (Å²) < 4.78 is 0. The summed E-state index contributed by atoms with van der Waals surface area (Å²) >= 11 is 1.90. The molecule has 16 heavy (non-hydrogen) atoms. The second kappa shape index (κ2) is 5.44. The van der Waals surface area contributed by atoms with Crippen molar-refractivity contribution in [1.82, 2.24) is 5.32 Å². The number of rotatable bonds is 3. The standard InChI is InChI=1S/C13H24N2S/c1-9(2)12-8-16-13(15-12)14-10(3)11-6-4-5-7-11/h9-12H,4-8H2,1-3H3,(H,14,15)/t10?,12-/m1/s1. The van der Waals surface area contributed by atoms with Gasteiger partial charge in [0.2, 0.25) is 0 Å². The Balaban J connectivity index is 1.83. The van der Waals surface area contributed by atoms with Gasteiger partial charge in [-0.1, -0.05) is 38.5 Å². The summed E-state index contributed by atoms with van der Waals surface area (Å²) in [5, 5.41) is 4.81. The lowest BCUT2D eigenvalue weighted by atomic mass is 10.0. The predicted octanol–water partition coefficient (Wildman–Crippen LogP) is 3.28. The van der Waals surface area contributed by atoms with Crippen LogP contribution in [0.1, 0.15) is 46.5 Å². The Morgan fingerprint density at radius 1 is 1.25 bits per heavy atom. The Bertz CT molecular complexity index is 257. The first-order chi connectivity index (χ1) is 7.66. The third kappa shape index (κ3) is 2.93. The first-order valence-electron chi connectivity index (χ1n) is 6.64. The molecule has 1 heterocycles. The zero-order valence-corrected chi connectivity index (χ0v) is 11.5. The van der Waals surface area contributed by atoms with Crippen LogP contribution in [0.5, 0.6) is 0 Å². The normalized spacial score (nSPS) is 28.5. The molecule has 3 heteroatoms. The molecule has 1 aliphatic heterocycles. The highest BCUT2D eigenvalue weighted by Crippen LogP contribution is 2.29. The lowest BCUT2D eigenvalue weighted by Crippen LogP contribution is -2.35. The van der Waals surface area contributed by atoms with Gasteiger partial charge < -0.3 is 5.32 Å². The van der Waals surface area contributed by atoms with Gasteiger partial charge >= 0.3 is 0 Å². The number of thioether (sulfide) groups is 1. The molecule has 1 aliphatic carbocycles. The SMILES string of the molecule is CC(NC1=N[C@@H](C(C)C)CS1)C1CCCC1. The fourth-order valence-electron chi connectivity index (χ4n) is 2.58. The van der Waals surface area contributed by atoms with Crippen LogP contribution in [0.3, 0.4) is 0 Å². The molecule has 1 fully saturated rings. The van der Waals surface area contributed by atoms with Gasteiger partial charge in [0.05, 0.1) is 6.04 Å². The van der Waals surface area contributed by atoms with Crippen LogP contribution in [0.25, 0.3) is 0 Å². The smallest absolute Gasteiger partial charge is 0.157 e. The van der Waals surface area contributed by atoms with Crippen molar-refractivity contribution in [2.24, 2.45) is 16.8 Å². The molecule has 0 aromatic carbocycles. The molecule has 1 unspecified atom stereocenters. The van der Waals surface area contributed by atoms with Crippen molar-refractivity contribution in [3.8, 4) is 0 Å². The highest BCUT2D eigenvalue weighted by molar-refractivity contribution is 8.14. The molecule has 0 aromatic heterocycles. The van der Waals surface area contributed by atoms with Crippen LogP contribution in [-0.2, 0) is 0 Å². The van der Waals surface area contributed by atoms with Crippen molar-refractivity contribution in [3.63, 3.8) is 0 Å². The van der Waals surface area contributed by atoms with Gasteiger partial charge in [0, 0.05) is 11.8 Å². The predicted molar refractivity (Wildman–Crippen MR) is 73.1 cm³/mol. The van der Waals surface area contributed by atoms with Gasteiger partial charge in [-0.05, 0) is 31.6 Å². The molecule has 0 bridgehead atoms. The molecule has 2 aliphatic rings. The number of nitrogens with zero attached hydrogens (tertiary/aromatic N) is 1. The summed E-state index contributed by atoms with van der Waals surface area (Å²) in [7, 11) is 0. The summed E-state index contributed by atoms with van der Waals surface area (Å²) in [4.78, 5) is 4.77. The van der Waals surface area contributed by atoms with Crippen LogP contribution >= 0.6 is 11.8 Å². The second-order valence-corrected chi connectivity index (χ2v) is 6.54. The van der Waals surface area contributed by atoms with Crippen molar-refractivity contribution in [3.05, 3.63) is 0 Å². The summed E-state index contributed by atoms with van der Waals surface area (Å²) in [5.41, 5.74) is 0. The Morgan fingerprint density at radius 3 is 2.50 bits per heavy atom. The van der Waals surface area contributed by atoms with Crippen molar-refractivity contribution < 1.29 is 0 Å². The molecule has 2 nitrogen and oxygen atoms in total. The van der Waals surface area contributed by atoms with E-state index >= 15 is 0 Å². The molecule has 2 atom stereocenters. The van der Waals surface area contributed by atoms with Gasteiger partial charge in [0.1, 0.15) is 0 Å². The molecule has 0 saturated heterocycles. The third-order valence-corrected chi connectivity index (χ3v) is 4.91. The number of amidine groups is 1. The lowest BCUT2D eigenvalue weighted by molar-refractivity contribution is 0.427. The zero-order valence-electron chi connectivity index (χ0n) is 10.7. The van der Waals surface area contributed by atoms with E-state index in [0.717, 1.165) is 11.7 Å². The fraction of sp³-hybridized carbons (Fsp3) is 0.923. The van der Waals surface area contributed by atoms with E-state index in [1.165, 1.54) is 30.9 Å². The Labute approximate surface area is 104 Å². The van der Waals surface area contributed by atoms with Gasteiger partial charge in [0.25, 0.3) is 0 Å². The van der Waals surface area contributed by atoms with Crippen molar-refractivity contribution in [2.45, 2.75) is 58.5 Å². The van der Waals surface area contributed by atoms with Gasteiger partial charge in [-0.25, -0.2) is 0 Å². The number of nitrogens with one attached hydrogen (secondary N) is 1. The maximum absolute atomic E-state index is 4.77. The molecule has 0 spiro atoms. The first-order valence-corrected chi connectivity index (χ1v) is 7.62. The van der Waals surface area contributed by atoms with Crippen molar-refractivity contribution in [2.75, 3.05) is 5.75 Å². The van der Waals surface area contributed by atoms with E-state index in [-0.39, 0.29) is 0 Å². The molecule has 0 aromatic rings. The second-order valence-electron chi connectivity index (χ2n) is 5.53. The van der Waals surface area contributed by atoms with Gasteiger partial charge in [-0.2, -0.15) is 0 Å². The highest BCUT2D eigenvalue weighted by atomic mass is 32.2. The van der Waals surface area contributed by atoms with Crippen LogP contribution in [0.15, 0.2) is 4.99 Å². The summed E-state index contributed by atoms with van der Waals surface area (Å²) in [5.74, 6) is 2.71. The van der Waals surface area contributed by atoms with E-state index in [1.807, 2.05) is 11.8 Å². The minimum Gasteiger partial charge on any atom is -0.362 e. The molecule has 92 valence electrons. The Morgan fingerprint density at radius 2 is 1.94 bits per heavy atom. The van der Waals surface area contributed by atoms with Crippen LogP contribution in [0, 0.1) is 11.8 Å². The van der Waals surface area contributed by atoms with E-state index in [2.05, 4.69) is 26.1 Å². The minimum absolute atomic E-state index is 0.531. The van der Waals surface area contributed by atoms with Gasteiger partial charge in [-0.15, -0.1) is 0 Å². The Hall–Kier alpha value is -0.180. The fourth-order valence-corrected chi connectivity index (χ4v) is 3.85. The number of hydrogen-bond donors (Lipinski definition) is 1. The molecule has 0 radical (unpaired) electrons. The third-order valence-electron chi connectivity index (χ3n) is 3.90. The summed E-state index contributed by atoms with van der Waals surface area (Å²) in [6.45, 7) is 6.85. The van der Waals surface area contributed by atoms with E-state index in [1.54, 1.807) is 0 Å². The highest BCUT2D eigenvalue weighted by Gasteiger charge is 2.25. The molecular weight excluding hydrogens is 216 g/mol. The summed E-state index contributed by atoms with van der Waals surface area (Å²) in [6, 6.07) is 1.14. The maximum atomic E-state index is 4.77. The van der Waals surface area contributed by atoms with Crippen molar-refractivity contribution in [1.29, 1.82) is 0 Å². The van der Waals surface area contributed by atoms with E-state index in [9.17, 15) is 0 Å². The average molecular weight is 240 g/mol. The van der Waals surface area contributed by atoms with Crippen molar-refractivity contribution >= 4 is 16.9 Å². The zero-order chi connectivity index (χ0) is 11.5. The molecule has 1 saturated carbocycles. The minimum atomic E-state index is 0.531. The van der Waals surface area contributed by atoms with E-state index in [0.29, 0.717) is 18.0 Å².